The number of likely N-dealkylation sites (tertiary alicyclic amines) is 1. The first-order valence-corrected chi connectivity index (χ1v) is 7.38. The van der Waals surface area contributed by atoms with Gasteiger partial charge in [-0.2, -0.15) is 0 Å². The SMILES string of the molecule is C1CCC(C2CCN(C3CCNC3)CC2)C1. The van der Waals surface area contributed by atoms with E-state index in [2.05, 4.69) is 10.2 Å². The molecule has 2 saturated heterocycles. The van der Waals surface area contributed by atoms with Gasteiger partial charge < -0.3 is 5.32 Å². The van der Waals surface area contributed by atoms with E-state index in [1.54, 1.807) is 0 Å². The highest BCUT2D eigenvalue weighted by atomic mass is 15.2. The maximum Gasteiger partial charge on any atom is 0.0232 e. The van der Waals surface area contributed by atoms with Crippen molar-refractivity contribution >= 4 is 0 Å². The summed E-state index contributed by atoms with van der Waals surface area (Å²) in [4.78, 5) is 2.76. The Balaban J connectivity index is 1.47. The Bertz CT molecular complexity index is 185. The van der Waals surface area contributed by atoms with E-state index >= 15 is 0 Å². The topological polar surface area (TPSA) is 15.3 Å². The molecule has 0 amide bonds. The highest BCUT2D eigenvalue weighted by Crippen LogP contribution is 2.37. The zero-order chi connectivity index (χ0) is 10.8. The molecule has 2 heteroatoms. The summed E-state index contributed by atoms with van der Waals surface area (Å²) in [7, 11) is 0. The van der Waals surface area contributed by atoms with Crippen LogP contribution in [0.25, 0.3) is 0 Å². The third-order valence-corrected chi connectivity index (χ3v) is 5.19. The molecule has 3 aliphatic rings. The Morgan fingerprint density at radius 1 is 0.812 bits per heavy atom. The lowest BCUT2D eigenvalue weighted by atomic mass is 9.83. The van der Waals surface area contributed by atoms with Gasteiger partial charge in [0, 0.05) is 12.6 Å². The van der Waals surface area contributed by atoms with Gasteiger partial charge in [-0.25, -0.2) is 0 Å². The lowest BCUT2D eigenvalue weighted by molar-refractivity contribution is 0.115. The smallest absolute Gasteiger partial charge is 0.0232 e. The summed E-state index contributed by atoms with van der Waals surface area (Å²) in [6.45, 7) is 5.25. The highest BCUT2D eigenvalue weighted by Gasteiger charge is 2.31. The second-order valence-electron chi connectivity index (χ2n) is 6.06. The first kappa shape index (κ1) is 11.0. The molecule has 0 bridgehead atoms. The average Bonchev–Trinajstić information content (AvgIpc) is 3.03. The number of hydrogen-bond donors (Lipinski definition) is 1. The van der Waals surface area contributed by atoms with Crippen LogP contribution >= 0.6 is 0 Å². The van der Waals surface area contributed by atoms with E-state index in [0.29, 0.717) is 0 Å². The van der Waals surface area contributed by atoms with Gasteiger partial charge in [-0.05, 0) is 50.7 Å². The molecule has 0 spiro atoms. The summed E-state index contributed by atoms with van der Waals surface area (Å²) in [5.74, 6) is 2.18. The Labute approximate surface area is 99.8 Å². The monoisotopic (exact) mass is 222 g/mol. The fourth-order valence-electron chi connectivity index (χ4n) is 4.14. The number of nitrogens with zero attached hydrogens (tertiary/aromatic N) is 1. The van der Waals surface area contributed by atoms with Crippen LogP contribution < -0.4 is 5.32 Å². The fourth-order valence-corrected chi connectivity index (χ4v) is 4.14. The van der Waals surface area contributed by atoms with Gasteiger partial charge >= 0.3 is 0 Å². The third kappa shape index (κ3) is 2.28. The van der Waals surface area contributed by atoms with E-state index < -0.39 is 0 Å². The van der Waals surface area contributed by atoms with E-state index in [-0.39, 0.29) is 0 Å². The quantitative estimate of drug-likeness (QED) is 0.771. The molecular weight excluding hydrogens is 196 g/mol. The van der Waals surface area contributed by atoms with Crippen molar-refractivity contribution in [2.45, 2.75) is 51.0 Å². The van der Waals surface area contributed by atoms with Crippen molar-refractivity contribution in [3.8, 4) is 0 Å². The summed E-state index contributed by atoms with van der Waals surface area (Å²) in [5, 5.41) is 3.49. The average molecular weight is 222 g/mol. The van der Waals surface area contributed by atoms with E-state index in [1.807, 2.05) is 0 Å². The van der Waals surface area contributed by atoms with E-state index in [4.69, 9.17) is 0 Å². The Morgan fingerprint density at radius 3 is 2.12 bits per heavy atom. The lowest BCUT2D eigenvalue weighted by Crippen LogP contribution is -2.43. The number of hydrogen-bond acceptors (Lipinski definition) is 2. The van der Waals surface area contributed by atoms with Gasteiger partial charge in [0.15, 0.2) is 0 Å². The van der Waals surface area contributed by atoms with Gasteiger partial charge in [-0.15, -0.1) is 0 Å². The normalized spacial score (nSPS) is 34.9. The van der Waals surface area contributed by atoms with Crippen molar-refractivity contribution in [1.29, 1.82) is 0 Å². The molecule has 0 aromatic rings. The van der Waals surface area contributed by atoms with Gasteiger partial charge in [0.05, 0.1) is 0 Å². The molecule has 2 heterocycles. The summed E-state index contributed by atoms with van der Waals surface area (Å²) in [5.41, 5.74) is 0. The van der Waals surface area contributed by atoms with Crippen molar-refractivity contribution < 1.29 is 0 Å². The molecule has 0 aromatic carbocycles. The molecule has 3 rings (SSSR count). The molecule has 3 fully saturated rings. The van der Waals surface area contributed by atoms with Crippen molar-refractivity contribution in [2.75, 3.05) is 26.2 Å². The minimum atomic E-state index is 0.865. The second-order valence-corrected chi connectivity index (χ2v) is 6.06. The maximum atomic E-state index is 3.49. The third-order valence-electron chi connectivity index (χ3n) is 5.19. The molecule has 0 aromatic heterocycles. The minimum Gasteiger partial charge on any atom is -0.315 e. The van der Waals surface area contributed by atoms with Gasteiger partial charge in [-0.3, -0.25) is 4.90 Å². The zero-order valence-corrected chi connectivity index (χ0v) is 10.5. The number of piperidine rings is 1. The predicted molar refractivity (Wildman–Crippen MR) is 67.5 cm³/mol. The molecule has 16 heavy (non-hydrogen) atoms. The lowest BCUT2D eigenvalue weighted by Gasteiger charge is -2.37. The Kier molecular flexibility index (Phi) is 3.49. The van der Waals surface area contributed by atoms with Crippen LogP contribution in [0.4, 0.5) is 0 Å². The van der Waals surface area contributed by atoms with Crippen molar-refractivity contribution in [3.63, 3.8) is 0 Å². The van der Waals surface area contributed by atoms with E-state index in [1.165, 1.54) is 71.1 Å². The number of nitrogens with one attached hydrogen (secondary N) is 1. The van der Waals surface area contributed by atoms with E-state index in [0.717, 1.165) is 17.9 Å². The molecule has 92 valence electrons. The van der Waals surface area contributed by atoms with Gasteiger partial charge in [0.1, 0.15) is 0 Å². The van der Waals surface area contributed by atoms with Crippen LogP contribution in [0.5, 0.6) is 0 Å². The molecule has 2 aliphatic heterocycles. The standard InChI is InChI=1S/C14H26N2/c1-2-4-12(3-1)13-6-9-16(10-7-13)14-5-8-15-11-14/h12-15H,1-11H2. The summed E-state index contributed by atoms with van der Waals surface area (Å²) < 4.78 is 0. The van der Waals surface area contributed by atoms with Crippen LogP contribution in [-0.4, -0.2) is 37.1 Å². The molecule has 1 N–H and O–H groups in total. The molecular formula is C14H26N2. The van der Waals surface area contributed by atoms with Crippen LogP contribution in [-0.2, 0) is 0 Å². The molecule has 0 radical (unpaired) electrons. The van der Waals surface area contributed by atoms with Crippen molar-refractivity contribution in [1.82, 2.24) is 10.2 Å². The number of rotatable bonds is 2. The van der Waals surface area contributed by atoms with Crippen molar-refractivity contribution in [3.05, 3.63) is 0 Å². The van der Waals surface area contributed by atoms with Gasteiger partial charge in [-0.1, -0.05) is 25.7 Å². The van der Waals surface area contributed by atoms with Crippen LogP contribution in [0.15, 0.2) is 0 Å². The fraction of sp³-hybridized carbons (Fsp3) is 1.00. The van der Waals surface area contributed by atoms with Gasteiger partial charge in [0.2, 0.25) is 0 Å². The van der Waals surface area contributed by atoms with Crippen LogP contribution in [0.1, 0.15) is 44.9 Å². The van der Waals surface area contributed by atoms with Gasteiger partial charge in [0.25, 0.3) is 0 Å². The van der Waals surface area contributed by atoms with Crippen LogP contribution in [0.3, 0.4) is 0 Å². The van der Waals surface area contributed by atoms with Crippen LogP contribution in [0.2, 0.25) is 0 Å². The largest absolute Gasteiger partial charge is 0.315 e. The van der Waals surface area contributed by atoms with E-state index in [9.17, 15) is 0 Å². The molecule has 1 atom stereocenters. The van der Waals surface area contributed by atoms with Crippen LogP contribution in [0, 0.1) is 11.8 Å². The zero-order valence-electron chi connectivity index (χ0n) is 10.5. The van der Waals surface area contributed by atoms with Crippen molar-refractivity contribution in [2.24, 2.45) is 11.8 Å². The Morgan fingerprint density at radius 2 is 1.50 bits per heavy atom. The molecule has 2 nitrogen and oxygen atoms in total. The maximum absolute atomic E-state index is 3.49. The first-order chi connectivity index (χ1) is 7.93. The molecule has 1 unspecified atom stereocenters. The predicted octanol–water partition coefficient (Wildman–Crippen LogP) is 2.25. The minimum absolute atomic E-state index is 0.865. The summed E-state index contributed by atoms with van der Waals surface area (Å²) in [6, 6.07) is 0.865. The highest BCUT2D eigenvalue weighted by molar-refractivity contribution is 4.86. The summed E-state index contributed by atoms with van der Waals surface area (Å²) >= 11 is 0. The second kappa shape index (κ2) is 5.05. The molecule has 1 aliphatic carbocycles. The Hall–Kier alpha value is -0.0800. The molecule has 1 saturated carbocycles. The summed E-state index contributed by atoms with van der Waals surface area (Å²) in [6.07, 6.45) is 10.5. The first-order valence-electron chi connectivity index (χ1n) is 7.38.